The number of nitrogens with one attached hydrogen (secondary N) is 1. The fourth-order valence-corrected chi connectivity index (χ4v) is 5.46. The van der Waals surface area contributed by atoms with Crippen LogP contribution in [0.3, 0.4) is 0 Å². The number of benzene rings is 2. The van der Waals surface area contributed by atoms with Crippen molar-refractivity contribution < 1.29 is 4.39 Å². The van der Waals surface area contributed by atoms with Crippen molar-refractivity contribution in [3.8, 4) is 16.8 Å². The summed E-state index contributed by atoms with van der Waals surface area (Å²) in [6.07, 6.45) is 7.20. The summed E-state index contributed by atoms with van der Waals surface area (Å²) in [5, 5.41) is 4.77. The first kappa shape index (κ1) is 20.7. The van der Waals surface area contributed by atoms with Gasteiger partial charge in [-0.3, -0.25) is 0 Å². The second-order valence-corrected chi connectivity index (χ2v) is 9.93. The van der Waals surface area contributed by atoms with Gasteiger partial charge < -0.3 is 9.88 Å². The highest BCUT2D eigenvalue weighted by atomic mass is 19.1. The van der Waals surface area contributed by atoms with Crippen LogP contribution in [0.1, 0.15) is 40.0 Å². The van der Waals surface area contributed by atoms with Crippen LogP contribution in [0.25, 0.3) is 27.8 Å². The monoisotopic (exact) mass is 428 g/mol. The SMILES string of the molecule is C[C@@H]1C[C@@H](Nc2ncnc3c2c(-c2ccccc2)cn3-c2ccc(F)cc2)CC(C)(C)C1. The molecule has 0 unspecified atom stereocenters. The average Bonchev–Trinajstić information content (AvgIpc) is 3.14. The molecule has 1 N–H and O–H groups in total. The molecule has 1 aliphatic rings. The van der Waals surface area contributed by atoms with Crippen molar-refractivity contribution in [1.29, 1.82) is 0 Å². The molecule has 2 heterocycles. The molecule has 32 heavy (non-hydrogen) atoms. The Hall–Kier alpha value is -3.21. The van der Waals surface area contributed by atoms with Crippen LogP contribution in [0.2, 0.25) is 0 Å². The van der Waals surface area contributed by atoms with E-state index in [1.54, 1.807) is 18.5 Å². The lowest BCUT2D eigenvalue weighted by molar-refractivity contribution is 0.178. The van der Waals surface area contributed by atoms with E-state index in [0.29, 0.717) is 17.4 Å². The maximum absolute atomic E-state index is 13.6. The lowest BCUT2D eigenvalue weighted by Gasteiger charge is -2.39. The summed E-state index contributed by atoms with van der Waals surface area (Å²) in [4.78, 5) is 9.33. The van der Waals surface area contributed by atoms with Crippen molar-refractivity contribution in [3.05, 3.63) is 72.9 Å². The standard InChI is InChI=1S/C27H29FN4/c1-18-13-21(15-27(2,3)14-18)31-25-24-23(19-7-5-4-6-8-19)16-32(26(24)30-17-29-25)22-11-9-20(28)10-12-22/h4-12,16-18,21H,13-15H2,1-3H3,(H,29,30,31)/t18-,21-/m1/s1. The number of hydrogen-bond donors (Lipinski definition) is 1. The van der Waals surface area contributed by atoms with Crippen molar-refractivity contribution >= 4 is 16.9 Å². The van der Waals surface area contributed by atoms with Crippen LogP contribution in [0.15, 0.2) is 67.1 Å². The van der Waals surface area contributed by atoms with Crippen LogP contribution in [-0.2, 0) is 0 Å². The molecule has 2 aromatic heterocycles. The molecule has 5 heteroatoms. The quantitative estimate of drug-likeness (QED) is 0.386. The summed E-state index contributed by atoms with van der Waals surface area (Å²) >= 11 is 0. The molecule has 164 valence electrons. The fraction of sp³-hybridized carbons (Fsp3) is 0.333. The molecular formula is C27H29FN4. The Labute approximate surface area is 188 Å². The zero-order valence-corrected chi connectivity index (χ0v) is 18.8. The molecule has 2 aromatic carbocycles. The third-order valence-corrected chi connectivity index (χ3v) is 6.50. The highest BCUT2D eigenvalue weighted by Gasteiger charge is 2.32. The zero-order chi connectivity index (χ0) is 22.3. The van der Waals surface area contributed by atoms with E-state index >= 15 is 0 Å². The zero-order valence-electron chi connectivity index (χ0n) is 18.8. The first-order valence-corrected chi connectivity index (χ1v) is 11.3. The van der Waals surface area contributed by atoms with Gasteiger partial charge in [-0.05, 0) is 60.4 Å². The topological polar surface area (TPSA) is 42.7 Å². The van der Waals surface area contributed by atoms with Gasteiger partial charge in [-0.1, -0.05) is 51.1 Å². The minimum Gasteiger partial charge on any atom is -0.367 e. The lowest BCUT2D eigenvalue weighted by atomic mass is 9.70. The molecule has 5 rings (SSSR count). The number of anilines is 1. The second-order valence-electron chi connectivity index (χ2n) is 9.93. The second kappa shape index (κ2) is 8.05. The molecule has 1 fully saturated rings. The van der Waals surface area contributed by atoms with E-state index in [1.807, 2.05) is 22.8 Å². The van der Waals surface area contributed by atoms with Gasteiger partial charge in [-0.2, -0.15) is 0 Å². The van der Waals surface area contributed by atoms with Gasteiger partial charge in [-0.15, -0.1) is 0 Å². The Balaban J connectivity index is 1.65. The van der Waals surface area contributed by atoms with Crippen LogP contribution in [0, 0.1) is 17.2 Å². The number of hydrogen-bond acceptors (Lipinski definition) is 3. The Morgan fingerprint density at radius 1 is 1.00 bits per heavy atom. The molecule has 0 amide bonds. The van der Waals surface area contributed by atoms with Gasteiger partial charge in [0, 0.05) is 23.5 Å². The van der Waals surface area contributed by atoms with Gasteiger partial charge in [-0.25, -0.2) is 14.4 Å². The summed E-state index contributed by atoms with van der Waals surface area (Å²) in [7, 11) is 0. The number of nitrogens with zero attached hydrogens (tertiary/aromatic N) is 3. The number of halogens is 1. The van der Waals surface area contributed by atoms with Crippen molar-refractivity contribution in [2.45, 2.75) is 46.1 Å². The first-order valence-electron chi connectivity index (χ1n) is 11.3. The summed E-state index contributed by atoms with van der Waals surface area (Å²) in [5.41, 5.74) is 4.17. The number of fused-ring (bicyclic) bond motifs is 1. The van der Waals surface area contributed by atoms with Crippen LogP contribution >= 0.6 is 0 Å². The van der Waals surface area contributed by atoms with Crippen molar-refractivity contribution in [3.63, 3.8) is 0 Å². The predicted octanol–water partition coefficient (Wildman–Crippen LogP) is 6.85. The third kappa shape index (κ3) is 3.99. The predicted molar refractivity (Wildman–Crippen MR) is 128 cm³/mol. The van der Waals surface area contributed by atoms with E-state index in [4.69, 9.17) is 0 Å². The van der Waals surface area contributed by atoms with Crippen molar-refractivity contribution in [1.82, 2.24) is 14.5 Å². The Morgan fingerprint density at radius 3 is 2.47 bits per heavy atom. The minimum atomic E-state index is -0.250. The van der Waals surface area contributed by atoms with E-state index in [-0.39, 0.29) is 5.82 Å². The Morgan fingerprint density at radius 2 is 1.75 bits per heavy atom. The maximum Gasteiger partial charge on any atom is 0.150 e. The third-order valence-electron chi connectivity index (χ3n) is 6.50. The fourth-order valence-electron chi connectivity index (χ4n) is 5.46. The van der Waals surface area contributed by atoms with E-state index < -0.39 is 0 Å². The Kier molecular flexibility index (Phi) is 5.20. The molecule has 0 saturated heterocycles. The van der Waals surface area contributed by atoms with E-state index in [1.165, 1.54) is 18.6 Å². The van der Waals surface area contributed by atoms with Gasteiger partial charge in [0.2, 0.25) is 0 Å². The summed E-state index contributed by atoms with van der Waals surface area (Å²) in [6, 6.07) is 17.2. The van der Waals surface area contributed by atoms with E-state index in [0.717, 1.165) is 46.5 Å². The van der Waals surface area contributed by atoms with Gasteiger partial charge in [0.25, 0.3) is 0 Å². The highest BCUT2D eigenvalue weighted by Crippen LogP contribution is 2.41. The van der Waals surface area contributed by atoms with Crippen LogP contribution in [0.4, 0.5) is 10.2 Å². The molecule has 2 atom stereocenters. The van der Waals surface area contributed by atoms with Gasteiger partial charge in [0.1, 0.15) is 18.0 Å². The molecule has 0 radical (unpaired) electrons. The molecule has 0 bridgehead atoms. The molecular weight excluding hydrogens is 399 g/mol. The number of rotatable bonds is 4. The molecule has 4 nitrogen and oxygen atoms in total. The lowest BCUT2D eigenvalue weighted by Crippen LogP contribution is -2.35. The summed E-state index contributed by atoms with van der Waals surface area (Å²) < 4.78 is 15.6. The molecule has 4 aromatic rings. The molecule has 0 spiro atoms. The van der Waals surface area contributed by atoms with Crippen LogP contribution in [-0.4, -0.2) is 20.6 Å². The minimum absolute atomic E-state index is 0.250. The average molecular weight is 429 g/mol. The summed E-state index contributed by atoms with van der Waals surface area (Å²) in [5.74, 6) is 1.29. The van der Waals surface area contributed by atoms with E-state index in [2.05, 4.69) is 54.4 Å². The normalized spacial score (nSPS) is 20.4. The van der Waals surface area contributed by atoms with Gasteiger partial charge in [0.15, 0.2) is 5.65 Å². The molecule has 1 aliphatic carbocycles. The van der Waals surface area contributed by atoms with Gasteiger partial charge >= 0.3 is 0 Å². The first-order chi connectivity index (χ1) is 15.4. The molecule has 0 aliphatic heterocycles. The van der Waals surface area contributed by atoms with E-state index in [9.17, 15) is 4.39 Å². The Bertz CT molecular complexity index is 1230. The van der Waals surface area contributed by atoms with Gasteiger partial charge in [0.05, 0.1) is 5.39 Å². The van der Waals surface area contributed by atoms with Crippen LogP contribution < -0.4 is 5.32 Å². The summed E-state index contributed by atoms with van der Waals surface area (Å²) in [6.45, 7) is 7.05. The van der Waals surface area contributed by atoms with Crippen molar-refractivity contribution in [2.24, 2.45) is 11.3 Å². The van der Waals surface area contributed by atoms with Crippen molar-refractivity contribution in [2.75, 3.05) is 5.32 Å². The largest absolute Gasteiger partial charge is 0.367 e. The van der Waals surface area contributed by atoms with Crippen LogP contribution in [0.5, 0.6) is 0 Å². The maximum atomic E-state index is 13.6. The highest BCUT2D eigenvalue weighted by molar-refractivity contribution is 6.02. The molecule has 1 saturated carbocycles. The smallest absolute Gasteiger partial charge is 0.150 e. The number of aromatic nitrogens is 3.